The van der Waals surface area contributed by atoms with Crippen molar-refractivity contribution in [1.82, 2.24) is 0 Å². The summed E-state index contributed by atoms with van der Waals surface area (Å²) in [6.45, 7) is 8.99. The van der Waals surface area contributed by atoms with Gasteiger partial charge in [0.15, 0.2) is 0 Å². The molecule has 0 saturated heterocycles. The summed E-state index contributed by atoms with van der Waals surface area (Å²) < 4.78 is 0. The molecule has 0 N–H and O–H groups in total. The minimum absolute atomic E-state index is 0.0255. The Morgan fingerprint density at radius 2 is 2.29 bits per heavy atom. The second-order valence-electron chi connectivity index (χ2n) is 1.40. The highest BCUT2D eigenvalue weighted by molar-refractivity contribution is 6.22. The Bertz CT molecular complexity index is 82.2. The number of allylic oxidation sites excluding steroid dienone is 2. The van der Waals surface area contributed by atoms with Crippen LogP contribution in [0.5, 0.6) is 0 Å². The lowest BCUT2D eigenvalue weighted by Crippen LogP contribution is -1.89. The van der Waals surface area contributed by atoms with E-state index in [-0.39, 0.29) is 5.38 Å². The van der Waals surface area contributed by atoms with Crippen LogP contribution in [0.1, 0.15) is 6.92 Å². The van der Waals surface area contributed by atoms with Crippen molar-refractivity contribution >= 4 is 11.6 Å². The third-order valence-electron chi connectivity index (χ3n) is 0.773. The molecular weight excluding hydrogens is 108 g/mol. The molecule has 0 heterocycles. The molecule has 0 amide bonds. The lowest BCUT2D eigenvalue weighted by atomic mass is 10.2. The second kappa shape index (κ2) is 2.86. The van der Waals surface area contributed by atoms with Gasteiger partial charge < -0.3 is 0 Å². The fourth-order valence-corrected chi connectivity index (χ4v) is 0.251. The topological polar surface area (TPSA) is 0 Å². The molecule has 1 atom stereocenters. The fourth-order valence-electron chi connectivity index (χ4n) is 0.162. The molecule has 0 spiro atoms. The molecule has 0 fully saturated rings. The minimum Gasteiger partial charge on any atom is -0.118 e. The van der Waals surface area contributed by atoms with E-state index in [1.54, 1.807) is 6.08 Å². The molecule has 0 aliphatic rings. The Labute approximate surface area is 49.5 Å². The van der Waals surface area contributed by atoms with E-state index >= 15 is 0 Å². The van der Waals surface area contributed by atoms with Gasteiger partial charge in [-0.15, -0.1) is 11.6 Å². The summed E-state index contributed by atoms with van der Waals surface area (Å²) in [6, 6.07) is 0. The normalized spacial score (nSPS) is 12.9. The van der Waals surface area contributed by atoms with Crippen molar-refractivity contribution in [2.75, 3.05) is 0 Å². The monoisotopic (exact) mass is 116 g/mol. The second-order valence-corrected chi connectivity index (χ2v) is 2.05. The van der Waals surface area contributed by atoms with Crippen LogP contribution in [0.15, 0.2) is 24.8 Å². The summed E-state index contributed by atoms with van der Waals surface area (Å²) in [5.74, 6) is 0. The Morgan fingerprint density at radius 1 is 1.86 bits per heavy atom. The number of halogens is 1. The Kier molecular flexibility index (Phi) is 2.77. The van der Waals surface area contributed by atoms with E-state index in [0.717, 1.165) is 5.57 Å². The standard InChI is InChI=1S/C6H9Cl/c1-4-5(2)6(3)7/h4,6H,1-2H2,3H3. The first kappa shape index (κ1) is 6.77. The lowest BCUT2D eigenvalue weighted by molar-refractivity contribution is 1.17. The van der Waals surface area contributed by atoms with E-state index in [0.29, 0.717) is 0 Å². The van der Waals surface area contributed by atoms with Gasteiger partial charge in [0.05, 0.1) is 5.38 Å². The van der Waals surface area contributed by atoms with Gasteiger partial charge in [-0.05, 0) is 12.5 Å². The summed E-state index contributed by atoms with van der Waals surface area (Å²) >= 11 is 5.56. The van der Waals surface area contributed by atoms with Gasteiger partial charge in [-0.1, -0.05) is 19.2 Å². The van der Waals surface area contributed by atoms with Crippen LogP contribution in [0.2, 0.25) is 0 Å². The first-order chi connectivity index (χ1) is 3.18. The first-order valence-corrected chi connectivity index (χ1v) is 2.57. The SMILES string of the molecule is C=CC(=C)C(C)Cl. The highest BCUT2D eigenvalue weighted by atomic mass is 35.5. The van der Waals surface area contributed by atoms with E-state index in [9.17, 15) is 0 Å². The van der Waals surface area contributed by atoms with Crippen LogP contribution in [-0.2, 0) is 0 Å². The zero-order chi connectivity index (χ0) is 5.86. The molecule has 0 saturated carbocycles. The number of alkyl halides is 1. The molecule has 0 rings (SSSR count). The summed E-state index contributed by atoms with van der Waals surface area (Å²) in [4.78, 5) is 0. The van der Waals surface area contributed by atoms with E-state index in [2.05, 4.69) is 13.2 Å². The average Bonchev–Trinajstić information content (AvgIpc) is 1.65. The summed E-state index contributed by atoms with van der Waals surface area (Å²) in [5.41, 5.74) is 0.877. The zero-order valence-electron chi connectivity index (χ0n) is 4.45. The molecule has 0 aromatic carbocycles. The van der Waals surface area contributed by atoms with Crippen molar-refractivity contribution in [1.29, 1.82) is 0 Å². The Hall–Kier alpha value is -0.230. The largest absolute Gasteiger partial charge is 0.118 e. The number of rotatable bonds is 2. The molecule has 0 nitrogen and oxygen atoms in total. The predicted molar refractivity (Wildman–Crippen MR) is 34.7 cm³/mol. The maximum atomic E-state index is 5.56. The van der Waals surface area contributed by atoms with Gasteiger partial charge in [0.1, 0.15) is 0 Å². The van der Waals surface area contributed by atoms with Gasteiger partial charge in [-0.2, -0.15) is 0 Å². The molecule has 7 heavy (non-hydrogen) atoms. The van der Waals surface area contributed by atoms with Crippen LogP contribution in [-0.4, -0.2) is 5.38 Å². The Morgan fingerprint density at radius 3 is 2.29 bits per heavy atom. The van der Waals surface area contributed by atoms with Gasteiger partial charge >= 0.3 is 0 Å². The number of hydrogen-bond acceptors (Lipinski definition) is 0. The molecule has 1 heteroatoms. The van der Waals surface area contributed by atoms with Crippen LogP contribution in [0.4, 0.5) is 0 Å². The highest BCUT2D eigenvalue weighted by Crippen LogP contribution is 2.05. The van der Waals surface area contributed by atoms with Crippen LogP contribution in [0.25, 0.3) is 0 Å². The smallest absolute Gasteiger partial charge is 0.0551 e. The van der Waals surface area contributed by atoms with Gasteiger partial charge in [0.25, 0.3) is 0 Å². The molecule has 0 bridgehead atoms. The van der Waals surface area contributed by atoms with E-state index < -0.39 is 0 Å². The molecule has 0 aromatic heterocycles. The van der Waals surface area contributed by atoms with Crippen molar-refractivity contribution in [2.45, 2.75) is 12.3 Å². The summed E-state index contributed by atoms with van der Waals surface area (Å²) in [7, 11) is 0. The third-order valence-corrected chi connectivity index (χ3v) is 1.05. The van der Waals surface area contributed by atoms with Crippen molar-refractivity contribution in [3.8, 4) is 0 Å². The van der Waals surface area contributed by atoms with Gasteiger partial charge in [0, 0.05) is 0 Å². The molecule has 0 aromatic rings. The van der Waals surface area contributed by atoms with E-state index in [1.807, 2.05) is 6.92 Å². The number of hydrogen-bond donors (Lipinski definition) is 0. The van der Waals surface area contributed by atoms with Gasteiger partial charge in [-0.3, -0.25) is 0 Å². The van der Waals surface area contributed by atoms with E-state index in [1.165, 1.54) is 0 Å². The molecule has 0 aliphatic carbocycles. The minimum atomic E-state index is 0.0255. The molecule has 40 valence electrons. The fraction of sp³-hybridized carbons (Fsp3) is 0.333. The molecule has 0 radical (unpaired) electrons. The van der Waals surface area contributed by atoms with Crippen molar-refractivity contribution in [3.63, 3.8) is 0 Å². The summed E-state index contributed by atoms with van der Waals surface area (Å²) in [6.07, 6.45) is 1.66. The quantitative estimate of drug-likeness (QED) is 0.384. The third kappa shape index (κ3) is 2.46. The van der Waals surface area contributed by atoms with Crippen LogP contribution >= 0.6 is 11.6 Å². The van der Waals surface area contributed by atoms with Crippen molar-refractivity contribution in [2.24, 2.45) is 0 Å². The zero-order valence-corrected chi connectivity index (χ0v) is 5.20. The van der Waals surface area contributed by atoms with Crippen molar-refractivity contribution in [3.05, 3.63) is 24.8 Å². The predicted octanol–water partition coefficient (Wildman–Crippen LogP) is 2.36. The van der Waals surface area contributed by atoms with Crippen LogP contribution in [0, 0.1) is 0 Å². The first-order valence-electron chi connectivity index (χ1n) is 2.13. The van der Waals surface area contributed by atoms with Crippen LogP contribution < -0.4 is 0 Å². The lowest BCUT2D eigenvalue weighted by Gasteiger charge is -1.96. The van der Waals surface area contributed by atoms with Crippen molar-refractivity contribution < 1.29 is 0 Å². The van der Waals surface area contributed by atoms with Crippen LogP contribution in [0.3, 0.4) is 0 Å². The Balaban J connectivity index is 3.56. The maximum Gasteiger partial charge on any atom is 0.0551 e. The highest BCUT2D eigenvalue weighted by Gasteiger charge is 1.93. The summed E-state index contributed by atoms with van der Waals surface area (Å²) in [5, 5.41) is 0.0255. The average molecular weight is 117 g/mol. The van der Waals surface area contributed by atoms with Gasteiger partial charge in [0.2, 0.25) is 0 Å². The maximum absolute atomic E-state index is 5.56. The van der Waals surface area contributed by atoms with Gasteiger partial charge in [-0.25, -0.2) is 0 Å². The molecule has 0 aliphatic heterocycles. The van der Waals surface area contributed by atoms with E-state index in [4.69, 9.17) is 11.6 Å². The molecular formula is C6H9Cl. The molecule has 1 unspecified atom stereocenters.